The quantitative estimate of drug-likeness (QED) is 0.827. The van der Waals surface area contributed by atoms with Crippen LogP contribution in [-0.4, -0.2) is 16.6 Å². The molecule has 0 radical (unpaired) electrons. The van der Waals surface area contributed by atoms with Crippen LogP contribution in [0, 0.1) is 11.6 Å². The van der Waals surface area contributed by atoms with Gasteiger partial charge in [-0.1, -0.05) is 18.1 Å². The molecule has 0 aliphatic carbocycles. The van der Waals surface area contributed by atoms with Gasteiger partial charge in [0, 0.05) is 19.0 Å². The van der Waals surface area contributed by atoms with Crippen molar-refractivity contribution in [3.05, 3.63) is 52.9 Å². The van der Waals surface area contributed by atoms with E-state index in [0.29, 0.717) is 6.54 Å². The molecule has 2 heterocycles. The molecule has 118 valence electrons. The number of benzene rings is 1. The highest BCUT2D eigenvalue weighted by Crippen LogP contribution is 2.33. The molecule has 0 spiro atoms. The fraction of sp³-hybridized carbons (Fsp3) is 0.471. The Morgan fingerprint density at radius 2 is 2.14 bits per heavy atom. The molecule has 5 heteroatoms. The van der Waals surface area contributed by atoms with Crippen molar-refractivity contribution in [1.82, 2.24) is 10.1 Å². The lowest BCUT2D eigenvalue weighted by molar-refractivity contribution is 0.236. The summed E-state index contributed by atoms with van der Waals surface area (Å²) in [6, 6.07) is 6.32. The third-order valence-electron chi connectivity index (χ3n) is 4.15. The molecule has 3 rings (SSSR count). The fourth-order valence-corrected chi connectivity index (χ4v) is 3.07. The number of halogens is 2. The monoisotopic (exact) mass is 306 g/mol. The number of aryl methyl sites for hydroxylation is 1. The molecule has 3 nitrogen and oxygen atoms in total. The number of aromatic nitrogens is 1. The summed E-state index contributed by atoms with van der Waals surface area (Å²) in [6.07, 6.45) is 4.01. The molecule has 0 bridgehead atoms. The Balaban J connectivity index is 1.73. The van der Waals surface area contributed by atoms with Crippen molar-refractivity contribution >= 4 is 0 Å². The summed E-state index contributed by atoms with van der Waals surface area (Å²) >= 11 is 0. The molecule has 0 unspecified atom stereocenters. The van der Waals surface area contributed by atoms with E-state index >= 15 is 0 Å². The molecule has 1 aliphatic heterocycles. The Kier molecular flexibility index (Phi) is 4.52. The molecular weight excluding hydrogens is 286 g/mol. The van der Waals surface area contributed by atoms with Crippen LogP contribution in [-0.2, 0) is 13.0 Å². The third kappa shape index (κ3) is 3.19. The van der Waals surface area contributed by atoms with Gasteiger partial charge in [0.2, 0.25) is 0 Å². The Bertz CT molecular complexity index is 641. The van der Waals surface area contributed by atoms with Crippen LogP contribution in [0.15, 0.2) is 28.8 Å². The number of hydrogen-bond donors (Lipinski definition) is 0. The van der Waals surface area contributed by atoms with E-state index < -0.39 is 11.6 Å². The van der Waals surface area contributed by atoms with Crippen molar-refractivity contribution in [3.63, 3.8) is 0 Å². The van der Waals surface area contributed by atoms with E-state index in [2.05, 4.69) is 17.0 Å². The number of nitrogens with zero attached hydrogens (tertiary/aromatic N) is 2. The van der Waals surface area contributed by atoms with Crippen LogP contribution in [0.25, 0.3) is 0 Å². The summed E-state index contributed by atoms with van der Waals surface area (Å²) in [6.45, 7) is 3.63. The molecule has 1 aromatic carbocycles. The fourth-order valence-electron chi connectivity index (χ4n) is 3.07. The molecule has 1 saturated heterocycles. The van der Waals surface area contributed by atoms with Crippen molar-refractivity contribution in [2.24, 2.45) is 0 Å². The van der Waals surface area contributed by atoms with E-state index in [1.54, 1.807) is 6.07 Å². The molecule has 22 heavy (non-hydrogen) atoms. The molecule has 2 aromatic rings. The van der Waals surface area contributed by atoms with Gasteiger partial charge in [-0.3, -0.25) is 4.90 Å². The third-order valence-corrected chi connectivity index (χ3v) is 4.15. The summed E-state index contributed by atoms with van der Waals surface area (Å²) in [5.41, 5.74) is 1.73. The van der Waals surface area contributed by atoms with Crippen LogP contribution >= 0.6 is 0 Å². The normalized spacial score (nSPS) is 19.0. The van der Waals surface area contributed by atoms with Crippen molar-refractivity contribution in [2.45, 2.75) is 45.2 Å². The lowest BCUT2D eigenvalue weighted by Crippen LogP contribution is -2.23. The van der Waals surface area contributed by atoms with Gasteiger partial charge in [-0.2, -0.15) is 0 Å². The van der Waals surface area contributed by atoms with Gasteiger partial charge < -0.3 is 4.52 Å². The first-order valence-electron chi connectivity index (χ1n) is 7.81. The van der Waals surface area contributed by atoms with Gasteiger partial charge in [0.25, 0.3) is 0 Å². The Morgan fingerprint density at radius 3 is 2.91 bits per heavy atom. The topological polar surface area (TPSA) is 29.3 Å². The zero-order valence-corrected chi connectivity index (χ0v) is 12.7. The Hall–Kier alpha value is -1.75. The average molecular weight is 306 g/mol. The van der Waals surface area contributed by atoms with E-state index in [4.69, 9.17) is 4.52 Å². The summed E-state index contributed by atoms with van der Waals surface area (Å²) in [5.74, 6) is -0.681. The number of rotatable bonds is 5. The van der Waals surface area contributed by atoms with Crippen LogP contribution in [0.1, 0.15) is 49.2 Å². The van der Waals surface area contributed by atoms with Crippen LogP contribution in [0.5, 0.6) is 0 Å². The number of likely N-dealkylation sites (tertiary alicyclic amines) is 1. The van der Waals surface area contributed by atoms with E-state index in [0.717, 1.165) is 49.2 Å². The first-order chi connectivity index (χ1) is 10.7. The van der Waals surface area contributed by atoms with E-state index in [-0.39, 0.29) is 6.04 Å². The predicted octanol–water partition coefficient (Wildman–Crippen LogP) is 4.24. The molecule has 0 amide bonds. The van der Waals surface area contributed by atoms with E-state index in [9.17, 15) is 8.78 Å². The average Bonchev–Trinajstić information content (AvgIpc) is 3.12. The molecular formula is C17H20F2N2O. The Labute approximate surface area is 128 Å². The lowest BCUT2D eigenvalue weighted by Gasteiger charge is -2.22. The molecule has 0 N–H and O–H groups in total. The van der Waals surface area contributed by atoms with Gasteiger partial charge in [0.1, 0.15) is 11.5 Å². The van der Waals surface area contributed by atoms with Gasteiger partial charge in [-0.25, -0.2) is 8.78 Å². The maximum atomic E-state index is 13.3. The summed E-state index contributed by atoms with van der Waals surface area (Å²) in [4.78, 5) is 2.25. The highest BCUT2D eigenvalue weighted by atomic mass is 19.2. The SMILES string of the molecule is CCCc1cc([C@H]2CCCN2Cc2ccc(F)c(F)c2)no1. The minimum atomic E-state index is -0.803. The summed E-state index contributed by atoms with van der Waals surface area (Å²) in [5, 5.41) is 4.19. The zero-order valence-electron chi connectivity index (χ0n) is 12.7. The lowest BCUT2D eigenvalue weighted by atomic mass is 10.1. The largest absolute Gasteiger partial charge is 0.361 e. The highest BCUT2D eigenvalue weighted by molar-refractivity contribution is 5.19. The second-order valence-electron chi connectivity index (χ2n) is 5.85. The van der Waals surface area contributed by atoms with E-state index in [1.807, 2.05) is 6.07 Å². The van der Waals surface area contributed by atoms with Gasteiger partial charge >= 0.3 is 0 Å². The van der Waals surface area contributed by atoms with Crippen LogP contribution < -0.4 is 0 Å². The summed E-state index contributed by atoms with van der Waals surface area (Å²) < 4.78 is 31.7. The Morgan fingerprint density at radius 1 is 1.27 bits per heavy atom. The molecule has 1 aromatic heterocycles. The minimum Gasteiger partial charge on any atom is -0.361 e. The molecule has 1 atom stereocenters. The van der Waals surface area contributed by atoms with Gasteiger partial charge in [0.05, 0.1) is 6.04 Å². The highest BCUT2D eigenvalue weighted by Gasteiger charge is 2.28. The van der Waals surface area contributed by atoms with Gasteiger partial charge in [-0.15, -0.1) is 0 Å². The molecule has 1 aliphatic rings. The smallest absolute Gasteiger partial charge is 0.159 e. The van der Waals surface area contributed by atoms with E-state index in [1.165, 1.54) is 12.1 Å². The second kappa shape index (κ2) is 6.57. The maximum Gasteiger partial charge on any atom is 0.159 e. The van der Waals surface area contributed by atoms with Crippen molar-refractivity contribution in [1.29, 1.82) is 0 Å². The van der Waals surface area contributed by atoms with Crippen LogP contribution in [0.3, 0.4) is 0 Å². The first-order valence-corrected chi connectivity index (χ1v) is 7.81. The molecule has 1 fully saturated rings. The maximum absolute atomic E-state index is 13.3. The van der Waals surface area contributed by atoms with Crippen molar-refractivity contribution in [3.8, 4) is 0 Å². The second-order valence-corrected chi connectivity index (χ2v) is 5.85. The van der Waals surface area contributed by atoms with Crippen LogP contribution in [0.2, 0.25) is 0 Å². The zero-order chi connectivity index (χ0) is 15.5. The molecule has 0 saturated carbocycles. The minimum absolute atomic E-state index is 0.197. The van der Waals surface area contributed by atoms with Gasteiger partial charge in [-0.05, 0) is 43.5 Å². The summed E-state index contributed by atoms with van der Waals surface area (Å²) in [7, 11) is 0. The van der Waals surface area contributed by atoms with Crippen LogP contribution in [0.4, 0.5) is 8.78 Å². The van der Waals surface area contributed by atoms with Gasteiger partial charge in [0.15, 0.2) is 11.6 Å². The first kappa shape index (κ1) is 15.2. The number of hydrogen-bond acceptors (Lipinski definition) is 3. The standard InChI is InChI=1S/C17H20F2N2O/c1-2-4-13-10-16(20-22-13)17-5-3-8-21(17)11-12-6-7-14(18)15(19)9-12/h6-7,9-10,17H,2-5,8,11H2,1H3/t17-/m1/s1. The van der Waals surface area contributed by atoms with Crippen molar-refractivity contribution in [2.75, 3.05) is 6.54 Å². The van der Waals surface area contributed by atoms with Crippen molar-refractivity contribution < 1.29 is 13.3 Å². The predicted molar refractivity (Wildman–Crippen MR) is 79.2 cm³/mol.